The van der Waals surface area contributed by atoms with Gasteiger partial charge in [-0.2, -0.15) is 0 Å². The van der Waals surface area contributed by atoms with Crippen LogP contribution in [0.1, 0.15) is 213 Å². The molecule has 10 N–H and O–H groups in total. The van der Waals surface area contributed by atoms with Crippen LogP contribution in [0.15, 0.2) is 45.6 Å². The van der Waals surface area contributed by atoms with Crippen molar-refractivity contribution in [2.24, 2.45) is 91.3 Å². The highest BCUT2D eigenvalue weighted by molar-refractivity contribution is 6.03. The molecule has 0 saturated heterocycles. The lowest BCUT2D eigenvalue weighted by Gasteiger charge is -2.69. The number of aliphatic hydroxyl groups excluding tert-OH is 4. The Hall–Kier alpha value is -3.28. The van der Waals surface area contributed by atoms with Crippen LogP contribution in [0.3, 0.4) is 0 Å². The summed E-state index contributed by atoms with van der Waals surface area (Å²) in [5.41, 5.74) is 12.4. The standard InChI is InChI=1S/C62H94O11.C8H22N4/c1-33(2)17-15-19-39(51-43-29-47(67)53-57(9)25-23-45(65)35(5)41(57)21-27-59(53,11)61(43,13)31-49(51)71-37(7)63)55(69)73-56(70)40(20-16-18-34(3)4)52-44-30-48(68)54-58(10)26-24-46(66)36(6)42(58)22-28-60(54,12)62(44,14)32-50(52)72-38(8)64;9-3-1-5-11-7-8-12-6-2-4-10/h17-18,35-36,41-50,53-54,65-68H,15-16,19-32H2,1-14H3;11-12H,1-10H2/t35-,36-,41?,42?,43+,44+,45+,46+,47+,48+,49-,50-,53+,54?,57-,58-,59-,60-,61-,62-;/m0./s1. The van der Waals surface area contributed by atoms with Crippen LogP contribution >= 0.6 is 0 Å². The maximum Gasteiger partial charge on any atom is 0.342 e. The quantitative estimate of drug-likeness (QED) is 0.0150. The lowest BCUT2D eigenvalue weighted by Crippen LogP contribution is -2.65. The minimum absolute atomic E-state index is 0.0833. The van der Waals surface area contributed by atoms with Gasteiger partial charge in [0.2, 0.25) is 0 Å². The van der Waals surface area contributed by atoms with Crippen molar-refractivity contribution in [3.63, 3.8) is 0 Å². The molecule has 8 rings (SSSR count). The molecule has 15 nitrogen and oxygen atoms in total. The lowest BCUT2D eigenvalue weighted by atomic mass is 9.36. The van der Waals surface area contributed by atoms with E-state index in [1.807, 2.05) is 27.7 Å². The summed E-state index contributed by atoms with van der Waals surface area (Å²) in [6.07, 6.45) is 12.0. The van der Waals surface area contributed by atoms with Crippen molar-refractivity contribution in [1.29, 1.82) is 0 Å². The summed E-state index contributed by atoms with van der Waals surface area (Å²) in [6, 6.07) is 0. The number of ether oxygens (including phenoxy) is 3. The van der Waals surface area contributed by atoms with Crippen LogP contribution < -0.4 is 22.1 Å². The number of fused-ring (bicyclic) bond motifs is 10. The first-order valence-corrected chi connectivity index (χ1v) is 33.3. The molecule has 8 fully saturated rings. The topological polar surface area (TPSA) is 253 Å². The molecule has 0 aliphatic heterocycles. The van der Waals surface area contributed by atoms with E-state index in [9.17, 15) is 30.0 Å². The first kappa shape index (κ1) is 69.2. The molecule has 85 heavy (non-hydrogen) atoms. The Morgan fingerprint density at radius 1 is 0.529 bits per heavy atom. The molecule has 3 unspecified atom stereocenters. The first-order valence-electron chi connectivity index (χ1n) is 33.3. The number of hydrogen-bond acceptors (Lipinski definition) is 15. The van der Waals surface area contributed by atoms with Gasteiger partial charge in [-0.25, -0.2) is 9.59 Å². The van der Waals surface area contributed by atoms with E-state index < -0.39 is 70.0 Å². The zero-order valence-corrected chi connectivity index (χ0v) is 55.0. The third kappa shape index (κ3) is 13.3. The van der Waals surface area contributed by atoms with Gasteiger partial charge < -0.3 is 56.7 Å². The van der Waals surface area contributed by atoms with Crippen LogP contribution in [0.4, 0.5) is 0 Å². The van der Waals surface area contributed by atoms with Crippen LogP contribution in [-0.2, 0) is 33.4 Å². The molecule has 0 spiro atoms. The van der Waals surface area contributed by atoms with Crippen molar-refractivity contribution in [2.75, 3.05) is 39.3 Å². The molecular formula is C70H116N4O11. The van der Waals surface area contributed by atoms with Crippen LogP contribution in [0.2, 0.25) is 0 Å². The van der Waals surface area contributed by atoms with E-state index in [-0.39, 0.29) is 83.2 Å². The fraction of sp³-hybridized carbons (Fsp3) is 0.829. The van der Waals surface area contributed by atoms with E-state index >= 15 is 9.59 Å². The number of hydrogen-bond donors (Lipinski definition) is 8. The van der Waals surface area contributed by atoms with E-state index in [4.69, 9.17) is 25.7 Å². The number of aliphatic hydroxyl groups is 4. The normalized spacial score (nSPS) is 41.8. The average molecular weight is 1190 g/mol. The molecule has 8 aliphatic rings. The van der Waals surface area contributed by atoms with Crippen molar-refractivity contribution in [3.05, 3.63) is 45.6 Å². The summed E-state index contributed by atoms with van der Waals surface area (Å²) in [5.74, 6) is -2.69. The number of allylic oxidation sites excluding steroid dienone is 4. The molecule has 15 heteroatoms. The van der Waals surface area contributed by atoms with Crippen molar-refractivity contribution >= 4 is 23.9 Å². The van der Waals surface area contributed by atoms with Gasteiger partial charge in [0.1, 0.15) is 12.2 Å². The van der Waals surface area contributed by atoms with Gasteiger partial charge in [0, 0.05) is 38.1 Å². The van der Waals surface area contributed by atoms with Gasteiger partial charge in [0.05, 0.1) is 24.4 Å². The minimum Gasteiger partial charge on any atom is -0.458 e. The van der Waals surface area contributed by atoms with E-state index in [0.29, 0.717) is 73.7 Å². The zero-order chi connectivity index (χ0) is 62.8. The van der Waals surface area contributed by atoms with Crippen LogP contribution in [-0.4, -0.2) is 120 Å². The summed E-state index contributed by atoms with van der Waals surface area (Å²) in [7, 11) is 0. The Morgan fingerprint density at radius 3 is 1.22 bits per heavy atom. The zero-order valence-electron chi connectivity index (χ0n) is 55.0. The Morgan fingerprint density at radius 2 is 0.894 bits per heavy atom. The highest BCUT2D eigenvalue weighted by Crippen LogP contribution is 2.76. The first-order chi connectivity index (χ1) is 39.9. The van der Waals surface area contributed by atoms with E-state index in [2.05, 4.69) is 78.2 Å². The van der Waals surface area contributed by atoms with Gasteiger partial charge >= 0.3 is 23.9 Å². The highest BCUT2D eigenvalue weighted by Gasteiger charge is 2.73. The molecule has 482 valence electrons. The Bertz CT molecular complexity index is 2350. The summed E-state index contributed by atoms with van der Waals surface area (Å²) < 4.78 is 18.9. The molecule has 0 aromatic heterocycles. The monoisotopic (exact) mass is 1190 g/mol. The van der Waals surface area contributed by atoms with Gasteiger partial charge in [-0.15, -0.1) is 0 Å². The number of rotatable bonds is 19. The Kier molecular flexibility index (Phi) is 22.7. The predicted molar refractivity (Wildman–Crippen MR) is 334 cm³/mol. The smallest absolute Gasteiger partial charge is 0.342 e. The molecule has 0 amide bonds. The molecule has 8 saturated carbocycles. The largest absolute Gasteiger partial charge is 0.458 e. The summed E-state index contributed by atoms with van der Waals surface area (Å²) in [6.45, 7) is 34.5. The predicted octanol–water partition coefficient (Wildman–Crippen LogP) is 10.1. The Balaban J connectivity index is 0.000000775. The second-order valence-electron chi connectivity index (χ2n) is 30.1. The molecule has 0 aromatic carbocycles. The van der Waals surface area contributed by atoms with Gasteiger partial charge in [0.25, 0.3) is 0 Å². The summed E-state index contributed by atoms with van der Waals surface area (Å²) in [4.78, 5) is 57.3. The minimum atomic E-state index is -0.795. The number of nitrogens with one attached hydrogen (secondary N) is 2. The maximum atomic E-state index is 15.5. The third-order valence-electron chi connectivity index (χ3n) is 24.9. The maximum absolute atomic E-state index is 15.5. The van der Waals surface area contributed by atoms with Gasteiger partial charge in [-0.05, 0) is 260 Å². The van der Waals surface area contributed by atoms with Crippen molar-refractivity contribution in [1.82, 2.24) is 10.6 Å². The SMILES string of the molecule is CC(=O)O[C@H]1C[C@@]2(C)[C@H](C[C@@H](O)C3[C@@]4(C)CC[C@@H](O)[C@@H](C)C4CC[C@@]32C)C1=C(CCC=C(C)C)C(=O)OC(=O)C(CCC=C(C)C)=C1[C@@H](OC(C)=O)C[C@@]2(C)[C@@H]1C[C@@H](O)[C@@H]1[C@@]3(C)CC[C@@H](O)[C@@H](C)C3CC[C@@]12C.NCCCNCCNCCCN. The molecule has 0 heterocycles. The average Bonchev–Trinajstić information content (AvgIpc) is 1.83. The van der Waals surface area contributed by atoms with Gasteiger partial charge in [0.15, 0.2) is 0 Å². The second-order valence-corrected chi connectivity index (χ2v) is 30.1. The third-order valence-corrected chi connectivity index (χ3v) is 24.9. The molecule has 20 atom stereocenters. The molecular weight excluding hydrogens is 1070 g/mol. The van der Waals surface area contributed by atoms with E-state index in [0.717, 1.165) is 102 Å². The van der Waals surface area contributed by atoms with Gasteiger partial charge in [-0.1, -0.05) is 78.7 Å². The lowest BCUT2D eigenvalue weighted by molar-refractivity contribution is -0.234. The highest BCUT2D eigenvalue weighted by atomic mass is 16.6. The Labute approximate surface area is 511 Å². The van der Waals surface area contributed by atoms with Crippen LogP contribution in [0, 0.1) is 79.8 Å². The fourth-order valence-electron chi connectivity index (χ4n) is 20.6. The van der Waals surface area contributed by atoms with Crippen molar-refractivity contribution < 1.29 is 53.8 Å². The van der Waals surface area contributed by atoms with E-state index in [1.165, 1.54) is 13.8 Å². The molecule has 8 aliphatic carbocycles. The second kappa shape index (κ2) is 27.9. The van der Waals surface area contributed by atoms with Gasteiger partial charge in [-0.3, -0.25) is 9.59 Å². The molecule has 0 radical (unpaired) electrons. The fourth-order valence-corrected chi connectivity index (χ4v) is 20.6. The molecule has 0 bridgehead atoms. The van der Waals surface area contributed by atoms with E-state index in [1.54, 1.807) is 0 Å². The number of carbonyl (C=O) groups excluding carboxylic acids is 4. The van der Waals surface area contributed by atoms with Crippen LogP contribution in [0.5, 0.6) is 0 Å². The summed E-state index contributed by atoms with van der Waals surface area (Å²) >= 11 is 0. The van der Waals surface area contributed by atoms with Crippen molar-refractivity contribution in [2.45, 2.75) is 249 Å². The van der Waals surface area contributed by atoms with Crippen LogP contribution in [0.25, 0.3) is 0 Å². The van der Waals surface area contributed by atoms with Crippen molar-refractivity contribution in [3.8, 4) is 0 Å². The number of carbonyl (C=O) groups is 4. The number of nitrogens with two attached hydrogens (primary N) is 2. The number of esters is 4. The molecule has 0 aromatic rings. The summed E-state index contributed by atoms with van der Waals surface area (Å²) in [5, 5.41) is 54.0.